The molecule has 3 nitrogen and oxygen atoms in total. The molecule has 90 valence electrons. The third kappa shape index (κ3) is 2.67. The Kier molecular flexibility index (Phi) is 4.19. The molecule has 1 aromatic rings. The molecular weight excluding hydrogens is 204 g/mol. The number of ether oxygens (including phenoxy) is 2. The second-order valence-electron chi connectivity index (χ2n) is 4.09. The maximum absolute atomic E-state index is 10.4. The van der Waals surface area contributed by atoms with Gasteiger partial charge in [-0.1, -0.05) is 13.3 Å². The summed E-state index contributed by atoms with van der Waals surface area (Å²) < 4.78 is 10.4. The summed E-state index contributed by atoms with van der Waals surface area (Å²) in [6, 6.07) is 5.47. The first-order valence-electron chi connectivity index (χ1n) is 5.50. The monoisotopic (exact) mass is 224 g/mol. The maximum atomic E-state index is 10.4. The van der Waals surface area contributed by atoms with E-state index in [0.29, 0.717) is 12.2 Å². The van der Waals surface area contributed by atoms with Crippen LogP contribution < -0.4 is 9.47 Å². The lowest BCUT2D eigenvalue weighted by Crippen LogP contribution is -2.21. The summed E-state index contributed by atoms with van der Waals surface area (Å²) in [6.07, 6.45) is 1.60. The molecule has 0 saturated heterocycles. The van der Waals surface area contributed by atoms with Crippen LogP contribution in [0.1, 0.15) is 32.3 Å². The summed E-state index contributed by atoms with van der Waals surface area (Å²) in [6.45, 7) is 3.84. The molecule has 1 unspecified atom stereocenters. The van der Waals surface area contributed by atoms with Gasteiger partial charge in [0.1, 0.15) is 11.5 Å². The Hall–Kier alpha value is -1.22. The second-order valence-corrected chi connectivity index (χ2v) is 4.09. The smallest absolute Gasteiger partial charge is 0.125 e. The molecule has 3 heteroatoms. The lowest BCUT2D eigenvalue weighted by molar-refractivity contribution is 0.0442. The van der Waals surface area contributed by atoms with Gasteiger partial charge in [0.25, 0.3) is 0 Å². The zero-order chi connectivity index (χ0) is 12.2. The predicted molar refractivity (Wildman–Crippen MR) is 64.0 cm³/mol. The zero-order valence-electron chi connectivity index (χ0n) is 10.4. The Morgan fingerprint density at radius 1 is 1.25 bits per heavy atom. The van der Waals surface area contributed by atoms with Crippen LogP contribution in [-0.4, -0.2) is 19.3 Å². The predicted octanol–water partition coefficient (Wildman–Crippen LogP) is 2.71. The van der Waals surface area contributed by atoms with Gasteiger partial charge in [0, 0.05) is 5.56 Å². The molecule has 0 spiro atoms. The molecule has 0 aromatic heterocycles. The molecule has 1 N–H and O–H groups in total. The largest absolute Gasteiger partial charge is 0.497 e. The standard InChI is InChI=1S/C13H20O3/c1-5-8-13(2,14)11-9-10(15-3)6-7-12(11)16-4/h6-7,9,14H,5,8H2,1-4H3. The third-order valence-corrected chi connectivity index (χ3v) is 2.72. The summed E-state index contributed by atoms with van der Waals surface area (Å²) in [5, 5.41) is 10.4. The van der Waals surface area contributed by atoms with Crippen LogP contribution in [0.2, 0.25) is 0 Å². The number of rotatable bonds is 5. The fourth-order valence-electron chi connectivity index (χ4n) is 1.86. The Morgan fingerprint density at radius 3 is 2.44 bits per heavy atom. The summed E-state index contributed by atoms with van der Waals surface area (Å²) in [4.78, 5) is 0. The van der Waals surface area contributed by atoms with Crippen LogP contribution in [0, 0.1) is 0 Å². The van der Waals surface area contributed by atoms with Crippen molar-refractivity contribution in [1.82, 2.24) is 0 Å². The van der Waals surface area contributed by atoms with Crippen molar-refractivity contribution in [2.24, 2.45) is 0 Å². The van der Waals surface area contributed by atoms with Crippen LogP contribution in [-0.2, 0) is 5.60 Å². The highest BCUT2D eigenvalue weighted by Crippen LogP contribution is 2.35. The Balaban J connectivity index is 3.17. The molecule has 0 heterocycles. The fourth-order valence-corrected chi connectivity index (χ4v) is 1.86. The van der Waals surface area contributed by atoms with Crippen LogP contribution in [0.3, 0.4) is 0 Å². The third-order valence-electron chi connectivity index (χ3n) is 2.72. The summed E-state index contributed by atoms with van der Waals surface area (Å²) in [5.74, 6) is 1.42. The summed E-state index contributed by atoms with van der Waals surface area (Å²) in [5.41, 5.74) is -0.106. The number of methoxy groups -OCH3 is 2. The average Bonchev–Trinajstić information content (AvgIpc) is 2.28. The van der Waals surface area contributed by atoms with E-state index in [9.17, 15) is 5.11 Å². The van der Waals surface area contributed by atoms with Crippen molar-refractivity contribution in [3.05, 3.63) is 23.8 Å². The van der Waals surface area contributed by atoms with E-state index in [2.05, 4.69) is 0 Å². The first-order chi connectivity index (χ1) is 7.55. The van der Waals surface area contributed by atoms with Crippen LogP contribution >= 0.6 is 0 Å². The van der Waals surface area contributed by atoms with Crippen LogP contribution in [0.5, 0.6) is 11.5 Å². The van der Waals surface area contributed by atoms with Crippen molar-refractivity contribution in [3.8, 4) is 11.5 Å². The van der Waals surface area contributed by atoms with Crippen LogP contribution in [0.4, 0.5) is 0 Å². The van der Waals surface area contributed by atoms with Crippen LogP contribution in [0.25, 0.3) is 0 Å². The van der Waals surface area contributed by atoms with Crippen molar-refractivity contribution < 1.29 is 14.6 Å². The summed E-state index contributed by atoms with van der Waals surface area (Å²) >= 11 is 0. The topological polar surface area (TPSA) is 38.7 Å². The molecule has 1 rings (SSSR count). The summed E-state index contributed by atoms with van der Waals surface area (Å²) in [7, 11) is 3.22. The van der Waals surface area contributed by atoms with Crippen LogP contribution in [0.15, 0.2) is 18.2 Å². The molecule has 1 atom stereocenters. The molecule has 16 heavy (non-hydrogen) atoms. The molecule has 0 bridgehead atoms. The minimum Gasteiger partial charge on any atom is -0.497 e. The molecule has 0 radical (unpaired) electrons. The number of aliphatic hydroxyl groups is 1. The van der Waals surface area contributed by atoms with Gasteiger partial charge in [0.2, 0.25) is 0 Å². The highest BCUT2D eigenvalue weighted by atomic mass is 16.5. The highest BCUT2D eigenvalue weighted by molar-refractivity contribution is 5.43. The molecular formula is C13H20O3. The SMILES string of the molecule is CCCC(C)(O)c1cc(OC)ccc1OC. The van der Waals surface area contributed by atoms with Gasteiger partial charge in [-0.25, -0.2) is 0 Å². The van der Waals surface area contributed by atoms with E-state index in [0.717, 1.165) is 17.7 Å². The first-order valence-corrected chi connectivity index (χ1v) is 5.50. The van der Waals surface area contributed by atoms with E-state index in [1.54, 1.807) is 21.1 Å². The highest BCUT2D eigenvalue weighted by Gasteiger charge is 2.26. The molecule has 0 saturated carbocycles. The Labute approximate surface area is 97.0 Å². The lowest BCUT2D eigenvalue weighted by atomic mass is 9.90. The number of hydrogen-bond donors (Lipinski definition) is 1. The van der Waals surface area contributed by atoms with Gasteiger partial charge in [-0.3, -0.25) is 0 Å². The minimum absolute atomic E-state index is 0.691. The van der Waals surface area contributed by atoms with E-state index in [4.69, 9.17) is 9.47 Å². The molecule has 0 fully saturated rings. The maximum Gasteiger partial charge on any atom is 0.125 e. The van der Waals surface area contributed by atoms with Gasteiger partial charge >= 0.3 is 0 Å². The van der Waals surface area contributed by atoms with Gasteiger partial charge in [-0.2, -0.15) is 0 Å². The zero-order valence-corrected chi connectivity index (χ0v) is 10.4. The molecule has 1 aromatic carbocycles. The Morgan fingerprint density at radius 2 is 1.94 bits per heavy atom. The normalized spacial score (nSPS) is 14.3. The lowest BCUT2D eigenvalue weighted by Gasteiger charge is -2.25. The second kappa shape index (κ2) is 5.21. The number of benzene rings is 1. The van der Waals surface area contributed by atoms with Crippen molar-refractivity contribution >= 4 is 0 Å². The molecule has 0 aliphatic heterocycles. The average molecular weight is 224 g/mol. The first kappa shape index (κ1) is 12.8. The van der Waals surface area contributed by atoms with E-state index >= 15 is 0 Å². The minimum atomic E-state index is -0.880. The van der Waals surface area contributed by atoms with Gasteiger partial charge in [-0.05, 0) is 31.5 Å². The Bertz CT molecular complexity index is 345. The van der Waals surface area contributed by atoms with Crippen molar-refractivity contribution in [2.45, 2.75) is 32.3 Å². The van der Waals surface area contributed by atoms with Gasteiger partial charge in [0.15, 0.2) is 0 Å². The van der Waals surface area contributed by atoms with E-state index in [-0.39, 0.29) is 0 Å². The number of hydrogen-bond acceptors (Lipinski definition) is 3. The van der Waals surface area contributed by atoms with Crippen molar-refractivity contribution in [3.63, 3.8) is 0 Å². The van der Waals surface area contributed by atoms with E-state index in [1.807, 2.05) is 25.1 Å². The quantitative estimate of drug-likeness (QED) is 0.835. The van der Waals surface area contributed by atoms with E-state index in [1.165, 1.54) is 0 Å². The molecule has 0 aliphatic rings. The fraction of sp³-hybridized carbons (Fsp3) is 0.538. The molecule has 0 aliphatic carbocycles. The molecule has 0 amide bonds. The van der Waals surface area contributed by atoms with Crippen molar-refractivity contribution in [1.29, 1.82) is 0 Å². The van der Waals surface area contributed by atoms with Gasteiger partial charge < -0.3 is 14.6 Å². The van der Waals surface area contributed by atoms with Crippen molar-refractivity contribution in [2.75, 3.05) is 14.2 Å². The van der Waals surface area contributed by atoms with E-state index < -0.39 is 5.60 Å². The van der Waals surface area contributed by atoms with Gasteiger partial charge in [-0.15, -0.1) is 0 Å². The van der Waals surface area contributed by atoms with Gasteiger partial charge in [0.05, 0.1) is 19.8 Å².